The molecular formula is C13H11Cl2N3O. The molecular weight excluding hydrogens is 285 g/mol. The van der Waals surface area contributed by atoms with Gasteiger partial charge in [-0.15, -0.1) is 10.2 Å². The molecule has 0 spiro atoms. The lowest BCUT2D eigenvalue weighted by Gasteiger charge is -2.06. The number of carbonyl (C=O) groups is 1. The maximum Gasteiger partial charge on any atom is 0.254 e. The first-order valence-corrected chi connectivity index (χ1v) is 6.34. The third-order valence-electron chi connectivity index (χ3n) is 2.54. The van der Waals surface area contributed by atoms with Gasteiger partial charge in [0.1, 0.15) is 0 Å². The SMILES string of the molecule is Cc1ccc(CNC(=O)c2cc(Cl)nnc2Cl)cc1. The molecule has 1 aromatic heterocycles. The van der Waals surface area contributed by atoms with Crippen LogP contribution in [0.3, 0.4) is 0 Å². The van der Waals surface area contributed by atoms with Gasteiger partial charge in [0, 0.05) is 6.54 Å². The second-order valence-corrected chi connectivity index (χ2v) is 4.79. The van der Waals surface area contributed by atoms with Crippen molar-refractivity contribution in [2.75, 3.05) is 0 Å². The van der Waals surface area contributed by atoms with Crippen LogP contribution in [0.5, 0.6) is 0 Å². The Morgan fingerprint density at radius 1 is 1.21 bits per heavy atom. The van der Waals surface area contributed by atoms with Crippen molar-refractivity contribution in [1.82, 2.24) is 15.5 Å². The van der Waals surface area contributed by atoms with E-state index in [4.69, 9.17) is 23.2 Å². The van der Waals surface area contributed by atoms with Gasteiger partial charge >= 0.3 is 0 Å². The van der Waals surface area contributed by atoms with Gasteiger partial charge in [-0.2, -0.15) is 0 Å². The van der Waals surface area contributed by atoms with E-state index >= 15 is 0 Å². The molecule has 1 amide bonds. The number of rotatable bonds is 3. The number of carbonyl (C=O) groups excluding carboxylic acids is 1. The fourth-order valence-corrected chi connectivity index (χ4v) is 1.82. The summed E-state index contributed by atoms with van der Waals surface area (Å²) in [4.78, 5) is 11.9. The average molecular weight is 296 g/mol. The van der Waals surface area contributed by atoms with Gasteiger partial charge in [0.2, 0.25) is 0 Å². The fraction of sp³-hybridized carbons (Fsp3) is 0.154. The Morgan fingerprint density at radius 3 is 2.58 bits per heavy atom. The summed E-state index contributed by atoms with van der Waals surface area (Å²) in [6, 6.07) is 9.27. The minimum absolute atomic E-state index is 0.0332. The number of nitrogens with zero attached hydrogens (tertiary/aromatic N) is 2. The quantitative estimate of drug-likeness (QED) is 0.947. The van der Waals surface area contributed by atoms with Gasteiger partial charge in [-0.05, 0) is 18.6 Å². The van der Waals surface area contributed by atoms with E-state index in [1.165, 1.54) is 11.6 Å². The topological polar surface area (TPSA) is 54.9 Å². The molecule has 6 heteroatoms. The van der Waals surface area contributed by atoms with Crippen molar-refractivity contribution in [3.63, 3.8) is 0 Å². The Bertz CT molecular complexity index is 599. The Labute approximate surface area is 120 Å². The first-order chi connectivity index (χ1) is 9.06. The van der Waals surface area contributed by atoms with Gasteiger partial charge in [-0.3, -0.25) is 4.79 Å². The Kier molecular flexibility index (Phi) is 4.35. The molecule has 0 fully saturated rings. The summed E-state index contributed by atoms with van der Waals surface area (Å²) in [6.45, 7) is 2.42. The molecule has 0 saturated carbocycles. The molecule has 0 atom stereocenters. The van der Waals surface area contributed by atoms with Crippen LogP contribution in [-0.2, 0) is 6.54 Å². The molecule has 4 nitrogen and oxygen atoms in total. The highest BCUT2D eigenvalue weighted by molar-refractivity contribution is 6.34. The fourth-order valence-electron chi connectivity index (χ4n) is 1.50. The first-order valence-electron chi connectivity index (χ1n) is 5.59. The molecule has 0 bridgehead atoms. The summed E-state index contributed by atoms with van der Waals surface area (Å²) in [6.07, 6.45) is 0. The number of aromatic nitrogens is 2. The molecule has 0 radical (unpaired) electrons. The van der Waals surface area contributed by atoms with Crippen molar-refractivity contribution in [2.45, 2.75) is 13.5 Å². The van der Waals surface area contributed by atoms with E-state index in [1.807, 2.05) is 31.2 Å². The molecule has 1 N–H and O–H groups in total. The van der Waals surface area contributed by atoms with Gasteiger partial charge in [-0.25, -0.2) is 0 Å². The van der Waals surface area contributed by atoms with Crippen LogP contribution in [0, 0.1) is 6.92 Å². The van der Waals surface area contributed by atoms with Crippen molar-refractivity contribution in [1.29, 1.82) is 0 Å². The molecule has 0 aliphatic heterocycles. The largest absolute Gasteiger partial charge is 0.348 e. The van der Waals surface area contributed by atoms with Crippen molar-refractivity contribution in [3.05, 3.63) is 57.3 Å². The monoisotopic (exact) mass is 295 g/mol. The van der Waals surface area contributed by atoms with Crippen LogP contribution in [0.1, 0.15) is 21.5 Å². The second kappa shape index (κ2) is 5.99. The van der Waals surface area contributed by atoms with Crippen LogP contribution in [0.4, 0.5) is 0 Å². The van der Waals surface area contributed by atoms with Crippen molar-refractivity contribution in [2.24, 2.45) is 0 Å². The van der Waals surface area contributed by atoms with Gasteiger partial charge in [-0.1, -0.05) is 53.0 Å². The van der Waals surface area contributed by atoms with Crippen LogP contribution < -0.4 is 5.32 Å². The van der Waals surface area contributed by atoms with Gasteiger partial charge in [0.15, 0.2) is 10.3 Å². The number of hydrogen-bond acceptors (Lipinski definition) is 3. The maximum atomic E-state index is 11.9. The molecule has 2 rings (SSSR count). The van der Waals surface area contributed by atoms with Gasteiger partial charge in [0.25, 0.3) is 5.91 Å². The molecule has 0 saturated heterocycles. The zero-order chi connectivity index (χ0) is 13.8. The van der Waals surface area contributed by atoms with E-state index in [9.17, 15) is 4.79 Å². The smallest absolute Gasteiger partial charge is 0.254 e. The number of hydrogen-bond donors (Lipinski definition) is 1. The molecule has 0 unspecified atom stereocenters. The van der Waals surface area contributed by atoms with E-state index in [-0.39, 0.29) is 21.8 Å². The summed E-state index contributed by atoms with van der Waals surface area (Å²) >= 11 is 11.5. The summed E-state index contributed by atoms with van der Waals surface area (Å²) in [5, 5.41) is 10.1. The Balaban J connectivity index is 2.05. The highest BCUT2D eigenvalue weighted by atomic mass is 35.5. The van der Waals surface area contributed by atoms with Crippen molar-refractivity contribution in [3.8, 4) is 0 Å². The highest BCUT2D eigenvalue weighted by Gasteiger charge is 2.12. The molecule has 19 heavy (non-hydrogen) atoms. The van der Waals surface area contributed by atoms with Gasteiger partial charge < -0.3 is 5.32 Å². The number of halogens is 2. The Morgan fingerprint density at radius 2 is 1.89 bits per heavy atom. The van der Waals surface area contributed by atoms with Crippen molar-refractivity contribution >= 4 is 29.1 Å². The highest BCUT2D eigenvalue weighted by Crippen LogP contribution is 2.15. The van der Waals surface area contributed by atoms with E-state index in [2.05, 4.69) is 15.5 Å². The lowest BCUT2D eigenvalue weighted by molar-refractivity contribution is 0.0950. The van der Waals surface area contributed by atoms with Crippen LogP contribution in [0.25, 0.3) is 0 Å². The first kappa shape index (κ1) is 13.8. The van der Waals surface area contributed by atoms with Gasteiger partial charge in [0.05, 0.1) is 5.56 Å². The van der Waals surface area contributed by atoms with E-state index < -0.39 is 0 Å². The van der Waals surface area contributed by atoms with Crippen LogP contribution in [0.15, 0.2) is 30.3 Å². The van der Waals surface area contributed by atoms with E-state index in [1.54, 1.807) is 0 Å². The van der Waals surface area contributed by atoms with E-state index in [0.717, 1.165) is 5.56 Å². The lowest BCUT2D eigenvalue weighted by atomic mass is 10.1. The van der Waals surface area contributed by atoms with Crippen molar-refractivity contribution < 1.29 is 4.79 Å². The molecule has 1 aromatic carbocycles. The zero-order valence-corrected chi connectivity index (χ0v) is 11.7. The standard InChI is InChI=1S/C13H11Cl2N3O/c1-8-2-4-9(5-3-8)7-16-13(19)10-6-11(14)17-18-12(10)15/h2-6H,7H2,1H3,(H,16,19). The molecule has 2 aromatic rings. The number of amides is 1. The third-order valence-corrected chi connectivity index (χ3v) is 3.00. The molecule has 98 valence electrons. The Hall–Kier alpha value is -1.65. The minimum atomic E-state index is -0.331. The number of aryl methyl sites for hydroxylation is 1. The normalized spacial score (nSPS) is 10.3. The molecule has 1 heterocycles. The van der Waals surface area contributed by atoms with Crippen LogP contribution >= 0.6 is 23.2 Å². The average Bonchev–Trinajstić information content (AvgIpc) is 2.40. The molecule has 0 aliphatic rings. The predicted molar refractivity (Wildman–Crippen MR) is 74.4 cm³/mol. The second-order valence-electron chi connectivity index (χ2n) is 4.04. The molecule has 0 aliphatic carbocycles. The van der Waals surface area contributed by atoms with E-state index in [0.29, 0.717) is 6.54 Å². The van der Waals surface area contributed by atoms with Crippen LogP contribution in [-0.4, -0.2) is 16.1 Å². The number of benzene rings is 1. The summed E-state index contributed by atoms with van der Waals surface area (Å²) < 4.78 is 0. The zero-order valence-electron chi connectivity index (χ0n) is 10.2. The lowest BCUT2D eigenvalue weighted by Crippen LogP contribution is -2.23. The summed E-state index contributed by atoms with van der Waals surface area (Å²) in [7, 11) is 0. The van der Waals surface area contributed by atoms with Crippen LogP contribution in [0.2, 0.25) is 10.3 Å². The predicted octanol–water partition coefficient (Wildman–Crippen LogP) is 3.02. The maximum absolute atomic E-state index is 11.9. The minimum Gasteiger partial charge on any atom is -0.348 e. The third kappa shape index (κ3) is 3.66. The summed E-state index contributed by atoms with van der Waals surface area (Å²) in [5.74, 6) is -0.331. The summed E-state index contributed by atoms with van der Waals surface area (Å²) in [5.41, 5.74) is 2.39. The number of nitrogens with one attached hydrogen (secondary N) is 1.